The second-order valence-corrected chi connectivity index (χ2v) is 1.79. The molecule has 0 saturated heterocycles. The Balaban J connectivity index is 3.19. The van der Waals surface area contributed by atoms with Gasteiger partial charge in [0.05, 0.1) is 6.20 Å². The number of nitrogens with zero attached hydrogens (tertiary/aromatic N) is 2. The molecule has 0 fully saturated rings. The lowest BCUT2D eigenvalue weighted by Crippen LogP contribution is -1.96. The van der Waals surface area contributed by atoms with Crippen molar-refractivity contribution in [3.05, 3.63) is 12.0 Å². The van der Waals surface area contributed by atoms with Crippen LogP contribution in [0.1, 0.15) is 5.82 Å². The van der Waals surface area contributed by atoms with Gasteiger partial charge in [0.2, 0.25) is 0 Å². The molecule has 0 aromatic carbocycles. The summed E-state index contributed by atoms with van der Waals surface area (Å²) in [4.78, 5) is 3.95. The van der Waals surface area contributed by atoms with Crippen molar-refractivity contribution < 1.29 is 0 Å². The van der Waals surface area contributed by atoms with E-state index >= 15 is 0 Å². The Labute approximate surface area is 48.1 Å². The molecule has 0 saturated carbocycles. The molecule has 8 heavy (non-hydrogen) atoms. The van der Waals surface area contributed by atoms with E-state index in [0.717, 1.165) is 5.82 Å². The molecule has 0 aliphatic rings. The molecule has 44 valence electrons. The molecule has 3 nitrogen and oxygen atoms in total. The summed E-state index contributed by atoms with van der Waals surface area (Å²) in [7, 11) is 1.89. The third-order valence-electron chi connectivity index (χ3n) is 1.26. The Bertz CT molecular complexity index is 170. The lowest BCUT2D eigenvalue weighted by atomic mass is 10.7. The molecular formula is C5H9N3. The number of nitrogen functional groups attached to an aromatic ring is 1. The zero-order chi connectivity index (χ0) is 6.15. The average Bonchev–Trinajstić information content (AvgIpc) is 1.98. The number of imidazole rings is 1. The zero-order valence-corrected chi connectivity index (χ0v) is 5.05. The van der Waals surface area contributed by atoms with E-state index in [-0.39, 0.29) is 0 Å². The Morgan fingerprint density at radius 2 is 2.38 bits per heavy atom. The highest BCUT2D eigenvalue weighted by Gasteiger charge is 1.93. The van der Waals surface area contributed by atoms with E-state index < -0.39 is 0 Å². The monoisotopic (exact) mass is 111 g/mol. The van der Waals surface area contributed by atoms with Crippen molar-refractivity contribution >= 4 is 5.82 Å². The van der Waals surface area contributed by atoms with Crippen LogP contribution >= 0.6 is 0 Å². The van der Waals surface area contributed by atoms with Gasteiger partial charge in [0.25, 0.3) is 0 Å². The molecule has 0 spiro atoms. The Morgan fingerprint density at radius 3 is 2.50 bits per heavy atom. The van der Waals surface area contributed by atoms with Crippen molar-refractivity contribution in [2.24, 2.45) is 7.05 Å². The van der Waals surface area contributed by atoms with Crippen molar-refractivity contribution in [2.75, 3.05) is 5.73 Å². The molecule has 1 aromatic heterocycles. The summed E-state index contributed by atoms with van der Waals surface area (Å²) < 4.78 is 1.83. The minimum absolute atomic E-state index is 0.711. The molecule has 0 radical (unpaired) electrons. The van der Waals surface area contributed by atoms with Gasteiger partial charge in [-0.15, -0.1) is 0 Å². The molecule has 2 N–H and O–H groups in total. The lowest BCUT2D eigenvalue weighted by Gasteiger charge is -1.93. The number of aryl methyl sites for hydroxylation is 1. The molecule has 0 unspecified atom stereocenters. The maximum Gasteiger partial charge on any atom is 0.123 e. The number of rotatable bonds is 0. The van der Waals surface area contributed by atoms with Crippen molar-refractivity contribution in [2.45, 2.75) is 6.92 Å². The van der Waals surface area contributed by atoms with Gasteiger partial charge in [0.15, 0.2) is 0 Å². The van der Waals surface area contributed by atoms with E-state index in [1.54, 1.807) is 6.20 Å². The van der Waals surface area contributed by atoms with Crippen LogP contribution in [0.3, 0.4) is 0 Å². The highest BCUT2D eigenvalue weighted by Crippen LogP contribution is 2.00. The summed E-state index contributed by atoms with van der Waals surface area (Å²) in [6, 6.07) is 0. The maximum absolute atomic E-state index is 5.44. The molecule has 1 rings (SSSR count). The summed E-state index contributed by atoms with van der Waals surface area (Å²) in [5.74, 6) is 1.66. The predicted molar refractivity (Wildman–Crippen MR) is 32.4 cm³/mol. The van der Waals surface area contributed by atoms with Gasteiger partial charge in [-0.25, -0.2) is 4.98 Å². The fourth-order valence-corrected chi connectivity index (χ4v) is 0.520. The fourth-order valence-electron chi connectivity index (χ4n) is 0.520. The largest absolute Gasteiger partial charge is 0.384 e. The smallest absolute Gasteiger partial charge is 0.123 e. The van der Waals surface area contributed by atoms with Crippen molar-refractivity contribution in [3.63, 3.8) is 0 Å². The average molecular weight is 111 g/mol. The van der Waals surface area contributed by atoms with E-state index in [2.05, 4.69) is 4.98 Å². The number of hydrogen-bond acceptors (Lipinski definition) is 2. The molecule has 0 aliphatic carbocycles. The molecular weight excluding hydrogens is 102 g/mol. The van der Waals surface area contributed by atoms with Crippen LogP contribution in [0.5, 0.6) is 0 Å². The Morgan fingerprint density at radius 1 is 1.75 bits per heavy atom. The third-order valence-corrected chi connectivity index (χ3v) is 1.26. The summed E-state index contributed by atoms with van der Waals surface area (Å²) in [5.41, 5.74) is 5.44. The molecule has 0 atom stereocenters. The van der Waals surface area contributed by atoms with Gasteiger partial charge in [-0.1, -0.05) is 0 Å². The lowest BCUT2D eigenvalue weighted by molar-refractivity contribution is 0.868. The highest BCUT2D eigenvalue weighted by molar-refractivity contribution is 5.26. The van der Waals surface area contributed by atoms with E-state index in [0.29, 0.717) is 5.82 Å². The molecule has 0 aliphatic heterocycles. The van der Waals surface area contributed by atoms with Crippen LogP contribution in [0.4, 0.5) is 5.82 Å². The van der Waals surface area contributed by atoms with Crippen LogP contribution in [0.15, 0.2) is 6.20 Å². The number of aromatic nitrogens is 2. The quantitative estimate of drug-likeness (QED) is 0.523. The van der Waals surface area contributed by atoms with Crippen LogP contribution in [-0.2, 0) is 7.05 Å². The normalized spacial score (nSPS) is 9.75. The summed E-state index contributed by atoms with van der Waals surface area (Å²) in [5, 5.41) is 0. The first-order valence-electron chi connectivity index (χ1n) is 2.45. The number of anilines is 1. The molecule has 0 bridgehead atoms. The van der Waals surface area contributed by atoms with Crippen LogP contribution < -0.4 is 5.73 Å². The highest BCUT2D eigenvalue weighted by atomic mass is 15.1. The SMILES string of the molecule is Cc1ncc(N)n1C. The number of hydrogen-bond donors (Lipinski definition) is 1. The molecule has 1 heterocycles. The van der Waals surface area contributed by atoms with E-state index in [4.69, 9.17) is 5.73 Å². The number of nitrogens with two attached hydrogens (primary N) is 1. The topological polar surface area (TPSA) is 43.8 Å². The molecule has 3 heteroatoms. The summed E-state index contributed by atoms with van der Waals surface area (Å²) in [6.45, 7) is 1.91. The van der Waals surface area contributed by atoms with Gasteiger partial charge < -0.3 is 10.3 Å². The van der Waals surface area contributed by atoms with E-state index in [9.17, 15) is 0 Å². The van der Waals surface area contributed by atoms with E-state index in [1.165, 1.54) is 0 Å². The zero-order valence-electron chi connectivity index (χ0n) is 5.05. The fraction of sp³-hybridized carbons (Fsp3) is 0.400. The summed E-state index contributed by atoms with van der Waals surface area (Å²) in [6.07, 6.45) is 1.65. The van der Waals surface area contributed by atoms with E-state index in [1.807, 2.05) is 18.5 Å². The van der Waals surface area contributed by atoms with Crippen LogP contribution in [0.25, 0.3) is 0 Å². The second-order valence-electron chi connectivity index (χ2n) is 1.79. The minimum atomic E-state index is 0.711. The van der Waals surface area contributed by atoms with Crippen LogP contribution in [-0.4, -0.2) is 9.55 Å². The standard InChI is InChI=1S/C5H9N3/c1-4-7-3-5(6)8(4)2/h3H,6H2,1-2H3. The van der Waals surface area contributed by atoms with Crippen LogP contribution in [0.2, 0.25) is 0 Å². The summed E-state index contributed by atoms with van der Waals surface area (Å²) >= 11 is 0. The van der Waals surface area contributed by atoms with Crippen molar-refractivity contribution in [1.29, 1.82) is 0 Å². The third kappa shape index (κ3) is 0.559. The van der Waals surface area contributed by atoms with Gasteiger partial charge in [-0.2, -0.15) is 0 Å². The van der Waals surface area contributed by atoms with Gasteiger partial charge in [0.1, 0.15) is 11.6 Å². The van der Waals surface area contributed by atoms with Gasteiger partial charge in [0, 0.05) is 7.05 Å². The first-order valence-corrected chi connectivity index (χ1v) is 2.45. The Kier molecular flexibility index (Phi) is 0.970. The minimum Gasteiger partial charge on any atom is -0.384 e. The van der Waals surface area contributed by atoms with Gasteiger partial charge >= 0.3 is 0 Å². The van der Waals surface area contributed by atoms with Crippen molar-refractivity contribution in [3.8, 4) is 0 Å². The van der Waals surface area contributed by atoms with Crippen molar-refractivity contribution in [1.82, 2.24) is 9.55 Å². The van der Waals surface area contributed by atoms with Gasteiger partial charge in [-0.3, -0.25) is 0 Å². The molecule has 1 aromatic rings. The van der Waals surface area contributed by atoms with Crippen LogP contribution in [0, 0.1) is 6.92 Å². The molecule has 0 amide bonds. The second kappa shape index (κ2) is 1.51. The first kappa shape index (κ1) is 5.15. The Hall–Kier alpha value is -0.990. The van der Waals surface area contributed by atoms with Gasteiger partial charge in [-0.05, 0) is 6.92 Å². The predicted octanol–water partition coefficient (Wildman–Crippen LogP) is 0.311. The maximum atomic E-state index is 5.44. The first-order chi connectivity index (χ1) is 3.72.